The molecule has 0 unspecified atom stereocenters. The average molecular weight is 553 g/mol. The van der Waals surface area contributed by atoms with Crippen LogP contribution in [0.4, 0.5) is 13.2 Å². The summed E-state index contributed by atoms with van der Waals surface area (Å²) in [5.74, 6) is -1.65. The van der Waals surface area contributed by atoms with Crippen molar-refractivity contribution in [2.75, 3.05) is 6.61 Å². The van der Waals surface area contributed by atoms with Crippen LogP contribution >= 0.6 is 0 Å². The largest absolute Gasteiger partial charge is 0.486 e. The number of nitrogens with one attached hydrogen (secondary N) is 2. The van der Waals surface area contributed by atoms with Gasteiger partial charge in [-0.3, -0.25) is 14.4 Å². The normalized spacial score (nSPS) is 12.9. The molecule has 206 valence electrons. The molecule has 0 radical (unpaired) electrons. The number of carbonyl (C=O) groups excluding carboxylic acids is 3. The Labute approximate surface area is 225 Å². The molecule has 0 spiro atoms. The minimum absolute atomic E-state index is 0.00126. The Bertz CT molecular complexity index is 1620. The predicted molar refractivity (Wildman–Crippen MR) is 134 cm³/mol. The molecule has 0 bridgehead atoms. The van der Waals surface area contributed by atoms with Gasteiger partial charge >= 0.3 is 6.11 Å². The molecule has 0 saturated heterocycles. The summed E-state index contributed by atoms with van der Waals surface area (Å²) in [5, 5.41) is 9.15. The smallest absolute Gasteiger partial charge is 0.394 e. The molecule has 2 N–H and O–H groups in total. The average Bonchev–Trinajstić information content (AvgIpc) is 3.30. The van der Waals surface area contributed by atoms with Crippen molar-refractivity contribution in [3.8, 4) is 11.5 Å². The van der Waals surface area contributed by atoms with E-state index in [2.05, 4.69) is 25.5 Å². The van der Waals surface area contributed by atoms with Gasteiger partial charge in [-0.1, -0.05) is 18.2 Å². The van der Waals surface area contributed by atoms with Gasteiger partial charge in [-0.15, -0.1) is 0 Å². The number of amides is 2. The van der Waals surface area contributed by atoms with Gasteiger partial charge in [0.2, 0.25) is 0 Å². The Morgan fingerprint density at radius 2 is 1.75 bits per heavy atom. The summed E-state index contributed by atoms with van der Waals surface area (Å²) in [6.07, 6.45) is -2.22. The minimum Gasteiger partial charge on any atom is -0.486 e. The van der Waals surface area contributed by atoms with Crippen LogP contribution < -0.4 is 20.1 Å². The zero-order chi connectivity index (χ0) is 28.4. The minimum atomic E-state index is -3.33. The quantitative estimate of drug-likeness (QED) is 0.343. The third-order valence-corrected chi connectivity index (χ3v) is 5.92. The standard InChI is InChI=1S/C27H22F3N5O5/c1-27(29,30)40-19-5-2-15(3-6-19)11-32-26(38)22-10-21(34-24-20(28)13-33-35(22)24)25(37)31-12-16-4-7-23-17(8-16)9-18(36)14-39-23/h2-8,10,13H,9,11-12,14H2,1H3,(H,31,37)(H,32,38). The van der Waals surface area contributed by atoms with Crippen LogP contribution in [-0.4, -0.2) is 44.9 Å². The SMILES string of the molecule is CC(F)(F)Oc1ccc(CNC(=O)c2cc(C(=O)NCc3ccc4c(c3)CC(=O)CO4)nc3c(F)cnn23)cc1. The number of ketones is 1. The van der Waals surface area contributed by atoms with E-state index in [1.807, 2.05) is 0 Å². The Balaban J connectivity index is 1.29. The van der Waals surface area contributed by atoms with E-state index in [0.29, 0.717) is 29.4 Å². The van der Waals surface area contributed by atoms with E-state index < -0.39 is 23.7 Å². The summed E-state index contributed by atoms with van der Waals surface area (Å²) >= 11 is 0. The van der Waals surface area contributed by atoms with Crippen molar-refractivity contribution in [3.63, 3.8) is 0 Å². The summed E-state index contributed by atoms with van der Waals surface area (Å²) in [6, 6.07) is 12.1. The van der Waals surface area contributed by atoms with Crippen LogP contribution in [0, 0.1) is 5.82 Å². The van der Waals surface area contributed by atoms with Gasteiger partial charge in [-0.05, 0) is 35.4 Å². The van der Waals surface area contributed by atoms with E-state index in [1.165, 1.54) is 30.3 Å². The van der Waals surface area contributed by atoms with Crippen LogP contribution in [0.25, 0.3) is 5.65 Å². The number of halogens is 3. The number of nitrogens with zero attached hydrogens (tertiary/aromatic N) is 3. The molecule has 1 aliphatic rings. The van der Waals surface area contributed by atoms with Crippen molar-refractivity contribution in [1.29, 1.82) is 0 Å². The molecule has 0 atom stereocenters. The lowest BCUT2D eigenvalue weighted by molar-refractivity contribution is -0.159. The van der Waals surface area contributed by atoms with E-state index in [-0.39, 0.29) is 54.7 Å². The second-order valence-electron chi connectivity index (χ2n) is 9.12. The van der Waals surface area contributed by atoms with Gasteiger partial charge in [0.25, 0.3) is 11.8 Å². The molecule has 2 amide bonds. The molecule has 5 rings (SSSR count). The molecule has 0 fully saturated rings. The van der Waals surface area contributed by atoms with Crippen LogP contribution in [-0.2, 0) is 24.3 Å². The summed E-state index contributed by atoms with van der Waals surface area (Å²) < 4.78 is 51.2. The first-order valence-corrected chi connectivity index (χ1v) is 12.1. The molecule has 2 aromatic heterocycles. The third kappa shape index (κ3) is 6.03. The summed E-state index contributed by atoms with van der Waals surface area (Å²) in [4.78, 5) is 41.6. The molecule has 1 aliphatic heterocycles. The number of Topliss-reactive ketones (excluding diaryl/α,β-unsaturated/α-hetero) is 1. The highest BCUT2D eigenvalue weighted by atomic mass is 19.3. The monoisotopic (exact) mass is 553 g/mol. The van der Waals surface area contributed by atoms with Crippen molar-refractivity contribution in [1.82, 2.24) is 25.2 Å². The molecular weight excluding hydrogens is 531 g/mol. The van der Waals surface area contributed by atoms with E-state index in [4.69, 9.17) is 4.74 Å². The van der Waals surface area contributed by atoms with Crippen LogP contribution in [0.15, 0.2) is 54.7 Å². The lowest BCUT2D eigenvalue weighted by Gasteiger charge is -2.17. The highest BCUT2D eigenvalue weighted by Crippen LogP contribution is 2.25. The van der Waals surface area contributed by atoms with Crippen LogP contribution in [0.2, 0.25) is 0 Å². The number of aromatic nitrogens is 3. The molecule has 4 aromatic rings. The maximum Gasteiger partial charge on any atom is 0.394 e. The van der Waals surface area contributed by atoms with Gasteiger partial charge in [0, 0.05) is 38.1 Å². The maximum absolute atomic E-state index is 14.4. The van der Waals surface area contributed by atoms with E-state index in [0.717, 1.165) is 10.7 Å². The fourth-order valence-corrected chi connectivity index (χ4v) is 4.09. The zero-order valence-corrected chi connectivity index (χ0v) is 21.0. The molecule has 40 heavy (non-hydrogen) atoms. The zero-order valence-electron chi connectivity index (χ0n) is 21.0. The number of carbonyl (C=O) groups is 3. The van der Waals surface area contributed by atoms with Crippen molar-refractivity contribution in [2.45, 2.75) is 32.5 Å². The molecule has 2 aromatic carbocycles. The first-order valence-electron chi connectivity index (χ1n) is 12.1. The summed E-state index contributed by atoms with van der Waals surface area (Å²) in [5.41, 5.74) is 1.33. The van der Waals surface area contributed by atoms with Gasteiger partial charge in [0.15, 0.2) is 17.2 Å². The maximum atomic E-state index is 14.4. The van der Waals surface area contributed by atoms with Crippen LogP contribution in [0.3, 0.4) is 0 Å². The van der Waals surface area contributed by atoms with E-state index in [9.17, 15) is 27.6 Å². The number of fused-ring (bicyclic) bond motifs is 2. The van der Waals surface area contributed by atoms with E-state index >= 15 is 0 Å². The predicted octanol–water partition coefficient (Wildman–Crippen LogP) is 3.22. The number of ether oxygens (including phenoxy) is 2. The first-order chi connectivity index (χ1) is 19.1. The van der Waals surface area contributed by atoms with Gasteiger partial charge < -0.3 is 20.1 Å². The number of hydrogen-bond acceptors (Lipinski definition) is 7. The molecule has 0 aliphatic carbocycles. The van der Waals surface area contributed by atoms with Gasteiger partial charge in [0.05, 0.1) is 6.20 Å². The van der Waals surface area contributed by atoms with Crippen molar-refractivity contribution in [2.24, 2.45) is 0 Å². The Kier molecular flexibility index (Phi) is 7.11. The number of hydrogen-bond donors (Lipinski definition) is 2. The summed E-state index contributed by atoms with van der Waals surface area (Å²) in [7, 11) is 0. The second-order valence-corrected chi connectivity index (χ2v) is 9.12. The first kappa shape index (κ1) is 26.7. The highest BCUT2D eigenvalue weighted by Gasteiger charge is 2.23. The molecular formula is C27H22F3N5O5. The molecule has 0 saturated carbocycles. The Morgan fingerprint density at radius 1 is 1.05 bits per heavy atom. The lowest BCUT2D eigenvalue weighted by Crippen LogP contribution is -2.28. The van der Waals surface area contributed by atoms with Crippen molar-refractivity contribution in [3.05, 3.63) is 88.6 Å². The lowest BCUT2D eigenvalue weighted by atomic mass is 10.0. The van der Waals surface area contributed by atoms with Gasteiger partial charge in [-0.25, -0.2) is 13.9 Å². The highest BCUT2D eigenvalue weighted by molar-refractivity contribution is 5.98. The van der Waals surface area contributed by atoms with Crippen molar-refractivity contribution >= 4 is 23.2 Å². The van der Waals surface area contributed by atoms with Crippen LogP contribution in [0.5, 0.6) is 11.5 Å². The molecule has 13 heteroatoms. The molecule has 3 heterocycles. The summed E-state index contributed by atoms with van der Waals surface area (Å²) in [6.45, 7) is 0.733. The van der Waals surface area contributed by atoms with Crippen molar-refractivity contribution < 1.29 is 37.0 Å². The Hall–Kier alpha value is -4.94. The second kappa shape index (κ2) is 10.7. The van der Waals surface area contributed by atoms with E-state index in [1.54, 1.807) is 18.2 Å². The topological polar surface area (TPSA) is 124 Å². The Morgan fingerprint density at radius 3 is 2.50 bits per heavy atom. The third-order valence-electron chi connectivity index (χ3n) is 5.92. The van der Waals surface area contributed by atoms with Crippen LogP contribution in [0.1, 0.15) is 44.6 Å². The fourth-order valence-electron chi connectivity index (χ4n) is 4.09. The number of rotatable bonds is 8. The number of alkyl halides is 2. The van der Waals surface area contributed by atoms with Gasteiger partial charge in [-0.2, -0.15) is 13.9 Å². The van der Waals surface area contributed by atoms with Gasteiger partial charge in [0.1, 0.15) is 29.5 Å². The number of benzene rings is 2. The fraction of sp³-hybridized carbons (Fsp3) is 0.222. The molecule has 10 nitrogen and oxygen atoms in total.